The topological polar surface area (TPSA) is 43.3 Å². The predicted molar refractivity (Wildman–Crippen MR) is 56.6 cm³/mol. The molecule has 0 radical (unpaired) electrons. The molecule has 1 aliphatic rings. The van der Waals surface area contributed by atoms with Gasteiger partial charge in [-0.15, -0.1) is 0 Å². The predicted octanol–water partition coefficient (Wildman–Crippen LogP) is 2.45. The summed E-state index contributed by atoms with van der Waals surface area (Å²) in [6.07, 6.45) is 4.23. The van der Waals surface area contributed by atoms with Gasteiger partial charge in [0.25, 0.3) is 0 Å². The van der Waals surface area contributed by atoms with Crippen molar-refractivity contribution in [1.82, 2.24) is 9.38 Å². The van der Waals surface area contributed by atoms with Crippen LogP contribution in [-0.2, 0) is 0 Å². The van der Waals surface area contributed by atoms with Crippen molar-refractivity contribution in [3.05, 3.63) is 29.0 Å². The van der Waals surface area contributed by atoms with E-state index in [9.17, 15) is 0 Å². The lowest BCUT2D eigenvalue weighted by atomic mass is 10.3. The number of nitrogens with zero attached hydrogens (tertiary/aromatic N) is 2. The second-order valence-corrected chi connectivity index (χ2v) is 4.17. The molecule has 0 saturated heterocycles. The first-order valence-corrected chi connectivity index (χ1v) is 5.06. The minimum atomic E-state index is 0.577. The Balaban J connectivity index is 2.29. The molecule has 0 bridgehead atoms. The number of fused-ring (bicyclic) bond motifs is 1. The SMILES string of the molecule is Nc1c(C2CC2)nc2ccc(Cl)cn12. The molecule has 0 aromatic carbocycles. The standard InChI is InChI=1S/C10H10ClN3/c11-7-3-4-8-13-9(6-1-2-6)10(12)14(8)5-7/h3-6H,1-2,12H2. The first kappa shape index (κ1) is 8.12. The molecule has 1 saturated carbocycles. The van der Waals surface area contributed by atoms with Crippen molar-refractivity contribution in [1.29, 1.82) is 0 Å². The molecule has 4 heteroatoms. The summed E-state index contributed by atoms with van der Waals surface area (Å²) in [7, 11) is 0. The number of nitrogens with two attached hydrogens (primary N) is 1. The van der Waals surface area contributed by atoms with Gasteiger partial charge in [0, 0.05) is 12.1 Å². The molecule has 2 aromatic rings. The van der Waals surface area contributed by atoms with Crippen LogP contribution < -0.4 is 5.73 Å². The molecule has 3 rings (SSSR count). The van der Waals surface area contributed by atoms with Gasteiger partial charge in [0.2, 0.25) is 0 Å². The quantitative estimate of drug-likeness (QED) is 0.781. The minimum absolute atomic E-state index is 0.577. The van der Waals surface area contributed by atoms with Gasteiger partial charge in [0.05, 0.1) is 10.7 Å². The molecule has 2 aromatic heterocycles. The maximum Gasteiger partial charge on any atom is 0.138 e. The summed E-state index contributed by atoms with van der Waals surface area (Å²) in [6, 6.07) is 3.73. The van der Waals surface area contributed by atoms with E-state index in [1.54, 1.807) is 0 Å². The summed E-state index contributed by atoms with van der Waals surface area (Å²) in [5.41, 5.74) is 7.91. The van der Waals surface area contributed by atoms with Crippen molar-refractivity contribution in [2.75, 3.05) is 5.73 Å². The average Bonchev–Trinajstić information content (AvgIpc) is 2.95. The van der Waals surface area contributed by atoms with E-state index < -0.39 is 0 Å². The van der Waals surface area contributed by atoms with Crippen molar-refractivity contribution in [2.24, 2.45) is 0 Å². The fraction of sp³-hybridized carbons (Fsp3) is 0.300. The largest absolute Gasteiger partial charge is 0.383 e. The third-order valence-electron chi connectivity index (χ3n) is 2.61. The number of pyridine rings is 1. The fourth-order valence-electron chi connectivity index (χ4n) is 1.71. The van der Waals surface area contributed by atoms with E-state index in [2.05, 4.69) is 4.98 Å². The summed E-state index contributed by atoms with van der Waals surface area (Å²) < 4.78 is 1.86. The van der Waals surface area contributed by atoms with E-state index in [1.165, 1.54) is 12.8 Å². The van der Waals surface area contributed by atoms with Crippen molar-refractivity contribution >= 4 is 23.1 Å². The van der Waals surface area contributed by atoms with Gasteiger partial charge in [0.1, 0.15) is 11.5 Å². The maximum atomic E-state index is 5.99. The molecule has 0 aliphatic heterocycles. The molecular formula is C10H10ClN3. The van der Waals surface area contributed by atoms with Crippen LogP contribution in [0.4, 0.5) is 5.82 Å². The third kappa shape index (κ3) is 1.09. The zero-order chi connectivity index (χ0) is 9.71. The highest BCUT2D eigenvalue weighted by molar-refractivity contribution is 6.30. The molecule has 2 heterocycles. The minimum Gasteiger partial charge on any atom is -0.383 e. The molecular weight excluding hydrogens is 198 g/mol. The Morgan fingerprint density at radius 1 is 1.43 bits per heavy atom. The van der Waals surface area contributed by atoms with Gasteiger partial charge < -0.3 is 5.73 Å². The van der Waals surface area contributed by atoms with Gasteiger partial charge >= 0.3 is 0 Å². The molecule has 1 fully saturated rings. The number of rotatable bonds is 1. The van der Waals surface area contributed by atoms with Crippen molar-refractivity contribution in [3.8, 4) is 0 Å². The molecule has 14 heavy (non-hydrogen) atoms. The highest BCUT2D eigenvalue weighted by atomic mass is 35.5. The van der Waals surface area contributed by atoms with Gasteiger partial charge in [-0.1, -0.05) is 11.6 Å². The van der Waals surface area contributed by atoms with Gasteiger partial charge in [-0.2, -0.15) is 0 Å². The van der Waals surface area contributed by atoms with Gasteiger partial charge in [-0.25, -0.2) is 4.98 Å². The molecule has 3 nitrogen and oxygen atoms in total. The Hall–Kier alpha value is -1.22. The van der Waals surface area contributed by atoms with Crippen LogP contribution >= 0.6 is 11.6 Å². The zero-order valence-corrected chi connectivity index (χ0v) is 8.33. The number of nitrogen functional groups attached to an aromatic ring is 1. The molecule has 1 aliphatic carbocycles. The molecule has 72 valence electrons. The summed E-state index contributed by atoms with van der Waals surface area (Å²) in [4.78, 5) is 4.49. The second kappa shape index (κ2) is 2.64. The number of hydrogen-bond acceptors (Lipinski definition) is 2. The summed E-state index contributed by atoms with van der Waals surface area (Å²) in [6.45, 7) is 0. The van der Waals surface area contributed by atoms with Gasteiger partial charge in [0.15, 0.2) is 0 Å². The van der Waals surface area contributed by atoms with Gasteiger partial charge in [-0.05, 0) is 25.0 Å². The Kier molecular flexibility index (Phi) is 1.53. The summed E-state index contributed by atoms with van der Waals surface area (Å²) >= 11 is 5.89. The average molecular weight is 208 g/mol. The Morgan fingerprint density at radius 3 is 2.93 bits per heavy atom. The van der Waals surface area contributed by atoms with E-state index in [1.807, 2.05) is 22.7 Å². The smallest absolute Gasteiger partial charge is 0.138 e. The second-order valence-electron chi connectivity index (χ2n) is 3.73. The maximum absolute atomic E-state index is 5.99. The van der Waals surface area contributed by atoms with Crippen LogP contribution in [0, 0.1) is 0 Å². The lowest BCUT2D eigenvalue weighted by Gasteiger charge is -1.96. The molecule has 2 N–H and O–H groups in total. The lowest BCUT2D eigenvalue weighted by Crippen LogP contribution is -1.94. The van der Waals surface area contributed by atoms with E-state index in [-0.39, 0.29) is 0 Å². The fourth-order valence-corrected chi connectivity index (χ4v) is 1.87. The lowest BCUT2D eigenvalue weighted by molar-refractivity contribution is 1.06. The van der Waals surface area contributed by atoms with E-state index in [0.717, 1.165) is 17.2 Å². The molecule has 0 unspecified atom stereocenters. The summed E-state index contributed by atoms with van der Waals surface area (Å²) in [5.74, 6) is 1.32. The van der Waals surface area contributed by atoms with Crippen LogP contribution in [0.3, 0.4) is 0 Å². The highest BCUT2D eigenvalue weighted by Gasteiger charge is 2.29. The Morgan fingerprint density at radius 2 is 2.21 bits per heavy atom. The van der Waals surface area contributed by atoms with Crippen LogP contribution in [0.15, 0.2) is 18.3 Å². The van der Waals surface area contributed by atoms with Crippen LogP contribution in [0.1, 0.15) is 24.5 Å². The Labute approximate surface area is 86.5 Å². The number of aromatic nitrogens is 2. The third-order valence-corrected chi connectivity index (χ3v) is 2.84. The monoisotopic (exact) mass is 207 g/mol. The highest BCUT2D eigenvalue weighted by Crippen LogP contribution is 2.42. The molecule has 0 spiro atoms. The first-order chi connectivity index (χ1) is 6.75. The number of anilines is 1. The van der Waals surface area contributed by atoms with Crippen LogP contribution in [0.25, 0.3) is 5.65 Å². The van der Waals surface area contributed by atoms with Crippen LogP contribution in [0.2, 0.25) is 5.02 Å². The number of halogens is 1. The van der Waals surface area contributed by atoms with E-state index in [4.69, 9.17) is 17.3 Å². The summed E-state index contributed by atoms with van der Waals surface area (Å²) in [5, 5.41) is 0.684. The van der Waals surface area contributed by atoms with Crippen molar-refractivity contribution in [2.45, 2.75) is 18.8 Å². The zero-order valence-electron chi connectivity index (χ0n) is 7.57. The van der Waals surface area contributed by atoms with Crippen molar-refractivity contribution < 1.29 is 0 Å². The number of imidazole rings is 1. The first-order valence-electron chi connectivity index (χ1n) is 4.68. The Bertz CT molecular complexity index is 499. The van der Waals surface area contributed by atoms with Crippen molar-refractivity contribution in [3.63, 3.8) is 0 Å². The van der Waals surface area contributed by atoms with Crippen LogP contribution in [0.5, 0.6) is 0 Å². The number of hydrogen-bond donors (Lipinski definition) is 1. The molecule has 0 atom stereocenters. The van der Waals surface area contributed by atoms with E-state index in [0.29, 0.717) is 10.9 Å². The molecule has 0 amide bonds. The van der Waals surface area contributed by atoms with E-state index >= 15 is 0 Å². The van der Waals surface area contributed by atoms with Gasteiger partial charge in [-0.3, -0.25) is 4.40 Å². The normalized spacial score (nSPS) is 16.4. The van der Waals surface area contributed by atoms with Crippen LogP contribution in [-0.4, -0.2) is 9.38 Å².